The first kappa shape index (κ1) is 31.0. The van der Waals surface area contributed by atoms with Gasteiger partial charge in [-0.25, -0.2) is 0 Å². The van der Waals surface area contributed by atoms with Crippen molar-refractivity contribution in [2.45, 2.75) is 109 Å². The van der Waals surface area contributed by atoms with E-state index in [0.29, 0.717) is 43.3 Å². The van der Waals surface area contributed by atoms with E-state index in [4.69, 9.17) is 14.6 Å². The molecule has 9 heteroatoms. The molecule has 0 bridgehead atoms. The molecule has 0 heterocycles. The third kappa shape index (κ3) is 8.65. The van der Waals surface area contributed by atoms with Gasteiger partial charge in [0.25, 0.3) is 0 Å². The second-order valence-corrected chi connectivity index (χ2v) is 11.9. The number of carbonyl (C=O) groups excluding carboxylic acids is 2. The zero-order chi connectivity index (χ0) is 28.2. The van der Waals surface area contributed by atoms with Crippen molar-refractivity contribution < 1.29 is 44.3 Å². The fraction of sp³-hybridized carbons (Fsp3) is 0.750. The van der Waals surface area contributed by atoms with Gasteiger partial charge < -0.3 is 29.9 Å². The summed E-state index contributed by atoms with van der Waals surface area (Å²) < 4.78 is 11.2. The number of fused-ring (bicyclic) bond motifs is 1. The minimum absolute atomic E-state index is 0.0231. The zero-order valence-corrected chi connectivity index (χ0v) is 22.8. The Bertz CT molecular complexity index is 898. The summed E-state index contributed by atoms with van der Waals surface area (Å²) in [6.45, 7) is 12.2. The van der Waals surface area contributed by atoms with E-state index in [1.165, 1.54) is 13.8 Å². The Labute approximate surface area is 219 Å². The van der Waals surface area contributed by atoms with Crippen molar-refractivity contribution in [3.8, 4) is 0 Å². The van der Waals surface area contributed by atoms with Gasteiger partial charge >= 0.3 is 17.9 Å². The van der Waals surface area contributed by atoms with Crippen LogP contribution in [0.1, 0.15) is 86.0 Å². The Balaban J connectivity index is 2.39. The van der Waals surface area contributed by atoms with Crippen LogP contribution >= 0.6 is 0 Å². The third-order valence-corrected chi connectivity index (χ3v) is 8.03. The molecule has 1 saturated carbocycles. The van der Waals surface area contributed by atoms with Crippen LogP contribution < -0.4 is 0 Å². The summed E-state index contributed by atoms with van der Waals surface area (Å²) in [6, 6.07) is 0. The van der Waals surface area contributed by atoms with E-state index >= 15 is 0 Å². The average Bonchev–Trinajstić information content (AvgIpc) is 3.08. The van der Waals surface area contributed by atoms with Crippen LogP contribution in [0.4, 0.5) is 0 Å². The third-order valence-electron chi connectivity index (χ3n) is 8.03. The number of ether oxygens (including phenoxy) is 2. The highest BCUT2D eigenvalue weighted by Gasteiger charge is 2.54. The van der Waals surface area contributed by atoms with Gasteiger partial charge in [0.05, 0.1) is 30.1 Å². The lowest BCUT2D eigenvalue weighted by molar-refractivity contribution is -0.153. The van der Waals surface area contributed by atoms with Gasteiger partial charge in [0.1, 0.15) is 12.7 Å². The quantitative estimate of drug-likeness (QED) is 0.277. The Morgan fingerprint density at radius 3 is 2.32 bits per heavy atom. The molecule has 2 aliphatic rings. The van der Waals surface area contributed by atoms with Gasteiger partial charge in [0, 0.05) is 12.3 Å². The van der Waals surface area contributed by atoms with Crippen LogP contribution in [0.2, 0.25) is 0 Å². The molecule has 2 aliphatic carbocycles. The molecule has 1 fully saturated rings. The minimum Gasteiger partial charge on any atom is -0.481 e. The largest absolute Gasteiger partial charge is 0.481 e. The standard InChI is InChI=1S/C28H44O9/c1-17-7-9-21-20(26(3,4)34)11-12-28(21,6)23(37-18(2)29)13-19(8-10-22(17)30)16-36-25(33)15-27(5,35)14-24(31)32/h13,20-23,30,34-35H,1,7-12,14-16H2,2-6H3,(H,31,32)/b19-13-/t20-,21+,22-,23+,27+,28+/m1/s1. The fourth-order valence-corrected chi connectivity index (χ4v) is 5.96. The molecule has 0 aromatic carbocycles. The maximum atomic E-state index is 12.4. The second-order valence-electron chi connectivity index (χ2n) is 11.9. The first-order chi connectivity index (χ1) is 16.9. The molecule has 210 valence electrons. The molecule has 0 aromatic heterocycles. The first-order valence-corrected chi connectivity index (χ1v) is 13.0. The molecule has 0 aliphatic heterocycles. The number of aliphatic hydroxyl groups is 3. The molecule has 0 aromatic rings. The van der Waals surface area contributed by atoms with Crippen molar-refractivity contribution in [3.05, 3.63) is 23.8 Å². The number of hydrogen-bond donors (Lipinski definition) is 4. The number of carboxylic acid groups (broad SMARTS) is 1. The number of carbonyl (C=O) groups is 3. The van der Waals surface area contributed by atoms with E-state index in [2.05, 4.69) is 13.5 Å². The van der Waals surface area contributed by atoms with Gasteiger partial charge in [-0.1, -0.05) is 13.5 Å². The normalized spacial score (nSPS) is 32.2. The summed E-state index contributed by atoms with van der Waals surface area (Å²) in [6.07, 6.45) is 2.68. The smallest absolute Gasteiger partial charge is 0.309 e. The van der Waals surface area contributed by atoms with Crippen LogP contribution in [0, 0.1) is 17.3 Å². The molecule has 0 amide bonds. The number of aliphatic carboxylic acids is 1. The highest BCUT2D eigenvalue weighted by Crippen LogP contribution is 2.56. The highest BCUT2D eigenvalue weighted by molar-refractivity contribution is 5.74. The van der Waals surface area contributed by atoms with Crippen molar-refractivity contribution in [3.63, 3.8) is 0 Å². The number of rotatable bonds is 8. The van der Waals surface area contributed by atoms with Gasteiger partial charge in [0.2, 0.25) is 0 Å². The Morgan fingerprint density at radius 1 is 1.11 bits per heavy atom. The van der Waals surface area contributed by atoms with Gasteiger partial charge in [-0.05, 0) is 88.4 Å². The fourth-order valence-electron chi connectivity index (χ4n) is 5.96. The highest BCUT2D eigenvalue weighted by atomic mass is 16.5. The number of aliphatic hydroxyl groups excluding tert-OH is 1. The van der Waals surface area contributed by atoms with Crippen LogP contribution in [-0.2, 0) is 23.9 Å². The van der Waals surface area contributed by atoms with Crippen molar-refractivity contribution in [1.29, 1.82) is 0 Å². The molecule has 0 spiro atoms. The van der Waals surface area contributed by atoms with Crippen LogP contribution in [0.25, 0.3) is 0 Å². The van der Waals surface area contributed by atoms with Crippen LogP contribution in [0.3, 0.4) is 0 Å². The summed E-state index contributed by atoms with van der Waals surface area (Å²) in [5.41, 5.74) is -1.88. The van der Waals surface area contributed by atoms with Crippen LogP contribution in [-0.4, -0.2) is 68.4 Å². The number of carboxylic acids is 1. The van der Waals surface area contributed by atoms with Gasteiger partial charge in [-0.3, -0.25) is 14.4 Å². The van der Waals surface area contributed by atoms with E-state index in [0.717, 1.165) is 6.42 Å². The molecule has 6 atom stereocenters. The predicted molar refractivity (Wildman–Crippen MR) is 136 cm³/mol. The van der Waals surface area contributed by atoms with Gasteiger partial charge in [0.15, 0.2) is 0 Å². The topological polar surface area (TPSA) is 151 Å². The Morgan fingerprint density at radius 2 is 1.76 bits per heavy atom. The lowest BCUT2D eigenvalue weighted by Gasteiger charge is -2.42. The molecule has 2 rings (SSSR count). The zero-order valence-electron chi connectivity index (χ0n) is 22.8. The van der Waals surface area contributed by atoms with E-state index in [-0.39, 0.29) is 18.4 Å². The number of hydrogen-bond acceptors (Lipinski definition) is 8. The van der Waals surface area contributed by atoms with Crippen molar-refractivity contribution in [2.24, 2.45) is 17.3 Å². The second kappa shape index (κ2) is 12.1. The van der Waals surface area contributed by atoms with Crippen LogP contribution in [0.15, 0.2) is 23.8 Å². The van der Waals surface area contributed by atoms with E-state index in [9.17, 15) is 29.7 Å². The molecule has 0 unspecified atom stereocenters. The summed E-state index contributed by atoms with van der Waals surface area (Å²) in [4.78, 5) is 35.5. The van der Waals surface area contributed by atoms with Crippen LogP contribution in [0.5, 0.6) is 0 Å². The number of esters is 2. The molecular weight excluding hydrogens is 480 g/mol. The van der Waals surface area contributed by atoms with Crippen molar-refractivity contribution in [2.75, 3.05) is 6.61 Å². The first-order valence-electron chi connectivity index (χ1n) is 13.0. The van der Waals surface area contributed by atoms with E-state index in [1.54, 1.807) is 19.9 Å². The van der Waals surface area contributed by atoms with Crippen molar-refractivity contribution >= 4 is 17.9 Å². The molecule has 4 N–H and O–H groups in total. The van der Waals surface area contributed by atoms with E-state index in [1.807, 2.05) is 0 Å². The lowest BCUT2D eigenvalue weighted by Crippen LogP contribution is -2.43. The molecular formula is C28H44O9. The molecule has 0 saturated heterocycles. The Kier molecular flexibility index (Phi) is 10.1. The van der Waals surface area contributed by atoms with Gasteiger partial charge in [-0.2, -0.15) is 0 Å². The monoisotopic (exact) mass is 524 g/mol. The predicted octanol–water partition coefficient (Wildman–Crippen LogP) is 3.30. The minimum atomic E-state index is -1.75. The molecule has 37 heavy (non-hydrogen) atoms. The maximum absolute atomic E-state index is 12.4. The average molecular weight is 525 g/mol. The SMILES string of the molecule is C=C1CC[C@H]2[C@H](C(C)(C)O)CC[C@]2(C)[C@@H](OC(C)=O)/C=C(\COC(=O)C[C@@](C)(O)CC(=O)O)CC[C@H]1O. The summed E-state index contributed by atoms with van der Waals surface area (Å²) in [7, 11) is 0. The Hall–Kier alpha value is -2.23. The summed E-state index contributed by atoms with van der Waals surface area (Å²) in [5, 5.41) is 40.8. The van der Waals surface area contributed by atoms with E-state index < -0.39 is 59.6 Å². The van der Waals surface area contributed by atoms with Gasteiger partial charge in [-0.15, -0.1) is 0 Å². The van der Waals surface area contributed by atoms with Crippen molar-refractivity contribution in [1.82, 2.24) is 0 Å². The summed E-state index contributed by atoms with van der Waals surface area (Å²) in [5.74, 6) is -2.51. The summed E-state index contributed by atoms with van der Waals surface area (Å²) >= 11 is 0. The molecule has 9 nitrogen and oxygen atoms in total. The molecule has 0 radical (unpaired) electrons. The maximum Gasteiger partial charge on any atom is 0.309 e. The lowest BCUT2D eigenvalue weighted by atomic mass is 9.67.